The molecule has 0 spiro atoms. The highest BCUT2D eigenvalue weighted by Gasteiger charge is 2.22. The minimum Gasteiger partial charge on any atom is -0.392 e. The van der Waals surface area contributed by atoms with Gasteiger partial charge < -0.3 is 19.7 Å². The Morgan fingerprint density at radius 2 is 1.82 bits per heavy atom. The third kappa shape index (κ3) is 3.48. The van der Waals surface area contributed by atoms with Crippen LogP contribution in [0.1, 0.15) is 39.6 Å². The molecule has 28 heavy (non-hydrogen) atoms. The van der Waals surface area contributed by atoms with Crippen LogP contribution in [0.4, 0.5) is 0 Å². The maximum atomic E-state index is 11.0. The average molecular weight is 379 g/mol. The van der Waals surface area contributed by atoms with E-state index in [0.29, 0.717) is 6.54 Å². The fourth-order valence-corrected chi connectivity index (χ4v) is 4.42. The number of aryl methyl sites for hydroxylation is 2. The summed E-state index contributed by atoms with van der Waals surface area (Å²) in [7, 11) is 2.18. The minimum absolute atomic E-state index is 0.000145. The largest absolute Gasteiger partial charge is 0.392 e. The van der Waals surface area contributed by atoms with Gasteiger partial charge in [0.15, 0.2) is 0 Å². The Hall–Kier alpha value is -2.14. The number of benzene rings is 2. The molecular weight excluding hydrogens is 348 g/mol. The van der Waals surface area contributed by atoms with Gasteiger partial charge in [0.05, 0.1) is 19.3 Å². The van der Waals surface area contributed by atoms with Crippen LogP contribution in [-0.2, 0) is 26.0 Å². The van der Waals surface area contributed by atoms with E-state index in [2.05, 4.69) is 41.6 Å². The zero-order valence-electron chi connectivity index (χ0n) is 17.1. The van der Waals surface area contributed by atoms with Crippen LogP contribution in [0.15, 0.2) is 36.4 Å². The summed E-state index contributed by atoms with van der Waals surface area (Å²) in [5.41, 5.74) is 8.09. The second-order valence-corrected chi connectivity index (χ2v) is 8.22. The Morgan fingerprint density at radius 1 is 1.04 bits per heavy atom. The average Bonchev–Trinajstić information content (AvgIpc) is 2.82. The van der Waals surface area contributed by atoms with Gasteiger partial charge in [0.2, 0.25) is 0 Å². The number of rotatable bonds is 4. The van der Waals surface area contributed by atoms with E-state index >= 15 is 0 Å². The van der Waals surface area contributed by atoms with Crippen molar-refractivity contribution in [3.63, 3.8) is 0 Å². The molecule has 1 unspecified atom stereocenters. The number of likely N-dealkylation sites (N-methyl/N-ethyl adjacent to an activating group) is 1. The molecule has 2 aromatic carbocycles. The van der Waals surface area contributed by atoms with E-state index in [-0.39, 0.29) is 6.61 Å². The van der Waals surface area contributed by atoms with Crippen LogP contribution in [0.3, 0.4) is 0 Å². The van der Waals surface area contributed by atoms with Crippen molar-refractivity contribution in [3.8, 4) is 0 Å². The lowest BCUT2D eigenvalue weighted by molar-refractivity contribution is 0.156. The molecule has 0 fully saturated rings. The van der Waals surface area contributed by atoms with Crippen LogP contribution in [0, 0.1) is 13.8 Å². The number of aliphatic hydroxyl groups is 2. The smallest absolute Gasteiger partial charge is 0.0969 e. The van der Waals surface area contributed by atoms with Crippen molar-refractivity contribution in [1.82, 2.24) is 9.47 Å². The highest BCUT2D eigenvalue weighted by molar-refractivity contribution is 5.86. The zero-order chi connectivity index (χ0) is 19.8. The van der Waals surface area contributed by atoms with Crippen molar-refractivity contribution in [1.29, 1.82) is 0 Å². The molecule has 0 saturated heterocycles. The lowest BCUT2D eigenvalue weighted by Crippen LogP contribution is -2.21. The molecular formula is C24H30N2O2. The predicted octanol–water partition coefficient (Wildman–Crippen LogP) is 3.51. The van der Waals surface area contributed by atoms with Crippen LogP contribution in [0.5, 0.6) is 0 Å². The second kappa shape index (κ2) is 7.70. The number of fused-ring (bicyclic) bond motifs is 3. The summed E-state index contributed by atoms with van der Waals surface area (Å²) in [5, 5.41) is 21.9. The second-order valence-electron chi connectivity index (χ2n) is 8.22. The standard InChI is InChI=1S/C24H30N2O2/c1-16-4-7-22-21(12-16)20-8-10-25(3)11-9-23(20)26(22)14-24(28)18-6-5-17(2)19(13-18)15-27/h4-7,12-13,24,27-28H,8-11,14-15H2,1-3H3. The summed E-state index contributed by atoms with van der Waals surface area (Å²) >= 11 is 0. The number of hydrogen-bond acceptors (Lipinski definition) is 3. The molecule has 1 aliphatic heterocycles. The van der Waals surface area contributed by atoms with Gasteiger partial charge in [-0.1, -0.05) is 29.8 Å². The van der Waals surface area contributed by atoms with E-state index in [1.807, 2.05) is 25.1 Å². The van der Waals surface area contributed by atoms with Crippen LogP contribution in [0.2, 0.25) is 0 Å². The fourth-order valence-electron chi connectivity index (χ4n) is 4.42. The molecule has 1 atom stereocenters. The van der Waals surface area contributed by atoms with Crippen molar-refractivity contribution in [2.24, 2.45) is 0 Å². The minimum atomic E-state index is -0.604. The summed E-state index contributed by atoms with van der Waals surface area (Å²) in [6, 6.07) is 12.5. The van der Waals surface area contributed by atoms with Crippen molar-refractivity contribution in [3.05, 3.63) is 69.9 Å². The molecule has 148 valence electrons. The molecule has 4 rings (SSSR count). The maximum Gasteiger partial charge on any atom is 0.0969 e. The van der Waals surface area contributed by atoms with Gasteiger partial charge in [-0.05, 0) is 61.7 Å². The summed E-state index contributed by atoms with van der Waals surface area (Å²) in [6.45, 7) is 6.77. The lowest BCUT2D eigenvalue weighted by atomic mass is 10.0. The van der Waals surface area contributed by atoms with Gasteiger partial charge in [-0.15, -0.1) is 0 Å². The SMILES string of the molecule is Cc1ccc2c(c1)c1c(n2CC(O)c2ccc(C)c(CO)c2)CCN(C)CC1. The van der Waals surface area contributed by atoms with Gasteiger partial charge in [0.25, 0.3) is 0 Å². The monoisotopic (exact) mass is 378 g/mol. The van der Waals surface area contributed by atoms with Crippen LogP contribution >= 0.6 is 0 Å². The number of aliphatic hydroxyl groups excluding tert-OH is 2. The van der Waals surface area contributed by atoms with Crippen LogP contribution in [0.25, 0.3) is 10.9 Å². The molecule has 0 radical (unpaired) electrons. The molecule has 0 aliphatic carbocycles. The third-order valence-corrected chi connectivity index (χ3v) is 6.20. The van der Waals surface area contributed by atoms with Crippen LogP contribution < -0.4 is 0 Å². The number of aromatic nitrogens is 1. The van der Waals surface area contributed by atoms with Crippen molar-refractivity contribution >= 4 is 10.9 Å². The summed E-state index contributed by atoms with van der Waals surface area (Å²) in [5.74, 6) is 0. The highest BCUT2D eigenvalue weighted by Crippen LogP contribution is 2.32. The first kappa shape index (κ1) is 19.2. The normalized spacial score (nSPS) is 16.2. The molecule has 1 aromatic heterocycles. The van der Waals surface area contributed by atoms with E-state index in [1.165, 1.54) is 27.7 Å². The van der Waals surface area contributed by atoms with E-state index in [1.54, 1.807) is 0 Å². The molecule has 0 amide bonds. The molecule has 3 aromatic rings. The molecule has 1 aliphatic rings. The molecule has 2 N–H and O–H groups in total. The highest BCUT2D eigenvalue weighted by atomic mass is 16.3. The summed E-state index contributed by atoms with van der Waals surface area (Å²) in [4.78, 5) is 2.38. The topological polar surface area (TPSA) is 48.6 Å². The fraction of sp³-hybridized carbons (Fsp3) is 0.417. The molecule has 2 heterocycles. The third-order valence-electron chi connectivity index (χ3n) is 6.20. The van der Waals surface area contributed by atoms with Gasteiger partial charge in [0, 0.05) is 36.1 Å². The van der Waals surface area contributed by atoms with E-state index < -0.39 is 6.10 Å². The first-order valence-electron chi connectivity index (χ1n) is 10.2. The Kier molecular flexibility index (Phi) is 5.28. The quantitative estimate of drug-likeness (QED) is 0.730. The predicted molar refractivity (Wildman–Crippen MR) is 114 cm³/mol. The molecule has 4 nitrogen and oxygen atoms in total. The van der Waals surface area contributed by atoms with E-state index in [9.17, 15) is 10.2 Å². The van der Waals surface area contributed by atoms with Gasteiger partial charge in [-0.25, -0.2) is 0 Å². The maximum absolute atomic E-state index is 11.0. The Morgan fingerprint density at radius 3 is 2.61 bits per heavy atom. The number of hydrogen-bond donors (Lipinski definition) is 2. The van der Waals surface area contributed by atoms with E-state index in [0.717, 1.165) is 42.6 Å². The summed E-state index contributed by atoms with van der Waals surface area (Å²) in [6.07, 6.45) is 1.45. The number of nitrogens with zero attached hydrogens (tertiary/aromatic N) is 2. The molecule has 0 bridgehead atoms. The Bertz CT molecular complexity index is 1010. The van der Waals surface area contributed by atoms with Gasteiger partial charge in [-0.3, -0.25) is 0 Å². The Balaban J connectivity index is 1.76. The van der Waals surface area contributed by atoms with Gasteiger partial charge in [-0.2, -0.15) is 0 Å². The van der Waals surface area contributed by atoms with Gasteiger partial charge in [0.1, 0.15) is 0 Å². The first-order valence-corrected chi connectivity index (χ1v) is 10.2. The van der Waals surface area contributed by atoms with Crippen molar-refractivity contribution in [2.75, 3.05) is 20.1 Å². The summed E-state index contributed by atoms with van der Waals surface area (Å²) < 4.78 is 2.33. The molecule has 0 saturated carbocycles. The van der Waals surface area contributed by atoms with Gasteiger partial charge >= 0.3 is 0 Å². The lowest BCUT2D eigenvalue weighted by Gasteiger charge is -2.18. The van der Waals surface area contributed by atoms with Crippen molar-refractivity contribution in [2.45, 2.75) is 45.9 Å². The van der Waals surface area contributed by atoms with Crippen LogP contribution in [-0.4, -0.2) is 39.8 Å². The van der Waals surface area contributed by atoms with Crippen molar-refractivity contribution < 1.29 is 10.2 Å². The first-order chi connectivity index (χ1) is 13.5. The van der Waals surface area contributed by atoms with E-state index in [4.69, 9.17) is 0 Å². The zero-order valence-corrected chi connectivity index (χ0v) is 17.1. The molecule has 4 heteroatoms. The Labute approximate surface area is 167 Å².